The van der Waals surface area contributed by atoms with Crippen LogP contribution in [0.15, 0.2) is 60.7 Å². The molecule has 0 saturated carbocycles. The minimum Gasteiger partial charge on any atom is -0.478 e. The Labute approximate surface area is 197 Å². The average molecular weight is 463 g/mol. The van der Waals surface area contributed by atoms with Crippen molar-refractivity contribution in [1.82, 2.24) is 10.8 Å². The number of benzene rings is 3. The van der Waals surface area contributed by atoms with Crippen LogP contribution in [0.5, 0.6) is 0 Å². The minimum atomic E-state index is -1.15. The average Bonchev–Trinajstić information content (AvgIpc) is 2.80. The third-order valence-electron chi connectivity index (χ3n) is 5.22. The second kappa shape index (κ2) is 11.2. The highest BCUT2D eigenvalue weighted by molar-refractivity contribution is 6.04. The van der Waals surface area contributed by atoms with Crippen molar-refractivity contribution in [2.75, 3.05) is 0 Å². The van der Waals surface area contributed by atoms with E-state index in [1.54, 1.807) is 37.3 Å². The van der Waals surface area contributed by atoms with Gasteiger partial charge in [0, 0.05) is 13.1 Å². The lowest BCUT2D eigenvalue weighted by molar-refractivity contribution is 0.0226. The summed E-state index contributed by atoms with van der Waals surface area (Å²) in [6.45, 7) is 4.46. The highest BCUT2D eigenvalue weighted by Gasteiger charge is 2.16. The van der Waals surface area contributed by atoms with Crippen molar-refractivity contribution in [3.63, 3.8) is 0 Å². The lowest BCUT2D eigenvalue weighted by atomic mass is 10.0. The molecule has 3 rings (SSSR count). The number of rotatable bonds is 10. The summed E-state index contributed by atoms with van der Waals surface area (Å²) in [5.41, 5.74) is 7.26. The molecule has 0 aromatic heterocycles. The molecule has 0 unspecified atom stereocenters. The van der Waals surface area contributed by atoms with Gasteiger partial charge in [-0.3, -0.25) is 9.63 Å². The molecule has 34 heavy (non-hydrogen) atoms. The highest BCUT2D eigenvalue weighted by atomic mass is 16.6. The van der Waals surface area contributed by atoms with E-state index in [1.165, 1.54) is 6.07 Å². The standard InChI is InChI=1S/C26H26N2O6/c1-16-3-9-21(25(30)31)20(11-16)15-34-28-14-19-7-5-18(6-8-19)13-27-24(29)23-12-17(2)4-10-22(23)26(32)33/h3-12,28H,13-15H2,1-2H3,(H,27,29)(H,30,31)(H,32,33). The van der Waals surface area contributed by atoms with Gasteiger partial charge in [-0.25, -0.2) is 9.59 Å². The summed E-state index contributed by atoms with van der Waals surface area (Å²) in [5.74, 6) is -2.59. The smallest absolute Gasteiger partial charge is 0.336 e. The van der Waals surface area contributed by atoms with E-state index in [-0.39, 0.29) is 29.8 Å². The maximum Gasteiger partial charge on any atom is 0.336 e. The van der Waals surface area contributed by atoms with Gasteiger partial charge in [-0.15, -0.1) is 0 Å². The Morgan fingerprint density at radius 2 is 1.29 bits per heavy atom. The van der Waals surface area contributed by atoms with E-state index in [2.05, 4.69) is 10.8 Å². The zero-order valence-electron chi connectivity index (χ0n) is 18.9. The fraction of sp³-hybridized carbons (Fsp3) is 0.192. The third kappa shape index (κ3) is 6.50. The first-order valence-corrected chi connectivity index (χ1v) is 10.6. The lowest BCUT2D eigenvalue weighted by Crippen LogP contribution is -2.25. The first-order chi connectivity index (χ1) is 16.2. The Balaban J connectivity index is 1.50. The second-order valence-electron chi connectivity index (χ2n) is 7.93. The SMILES string of the molecule is Cc1ccc(C(=O)O)c(CONCc2ccc(CNC(=O)c3cc(C)ccc3C(=O)O)cc2)c1. The van der Waals surface area contributed by atoms with Crippen LogP contribution in [-0.4, -0.2) is 28.1 Å². The molecular formula is C26H26N2O6. The van der Waals surface area contributed by atoms with Gasteiger partial charge in [-0.1, -0.05) is 53.6 Å². The fourth-order valence-corrected chi connectivity index (χ4v) is 3.40. The monoisotopic (exact) mass is 462 g/mol. The van der Waals surface area contributed by atoms with E-state index in [0.717, 1.165) is 22.3 Å². The normalized spacial score (nSPS) is 10.6. The number of aryl methyl sites for hydroxylation is 2. The molecule has 4 N–H and O–H groups in total. The zero-order chi connectivity index (χ0) is 24.7. The van der Waals surface area contributed by atoms with Crippen LogP contribution >= 0.6 is 0 Å². The van der Waals surface area contributed by atoms with Gasteiger partial charge in [0.25, 0.3) is 5.91 Å². The van der Waals surface area contributed by atoms with E-state index < -0.39 is 17.8 Å². The Morgan fingerprint density at radius 1 is 0.735 bits per heavy atom. The number of carboxylic acids is 2. The van der Waals surface area contributed by atoms with Crippen molar-refractivity contribution >= 4 is 17.8 Å². The Hall–Kier alpha value is -4.01. The first-order valence-electron chi connectivity index (χ1n) is 10.6. The summed E-state index contributed by atoms with van der Waals surface area (Å²) in [6, 6.07) is 17.2. The number of carbonyl (C=O) groups is 3. The molecule has 8 nitrogen and oxygen atoms in total. The number of hydrogen-bond acceptors (Lipinski definition) is 5. The van der Waals surface area contributed by atoms with E-state index in [0.29, 0.717) is 12.1 Å². The van der Waals surface area contributed by atoms with Crippen LogP contribution in [-0.2, 0) is 24.5 Å². The predicted molar refractivity (Wildman–Crippen MR) is 126 cm³/mol. The van der Waals surface area contributed by atoms with Gasteiger partial charge < -0.3 is 15.5 Å². The molecule has 1 amide bonds. The van der Waals surface area contributed by atoms with Crippen molar-refractivity contribution in [2.24, 2.45) is 0 Å². The van der Waals surface area contributed by atoms with Crippen molar-refractivity contribution in [1.29, 1.82) is 0 Å². The van der Waals surface area contributed by atoms with Crippen LogP contribution in [0, 0.1) is 13.8 Å². The molecule has 0 saturated heterocycles. The van der Waals surface area contributed by atoms with E-state index in [4.69, 9.17) is 4.84 Å². The second-order valence-corrected chi connectivity index (χ2v) is 7.93. The number of aromatic carboxylic acids is 2. The van der Waals surface area contributed by atoms with Gasteiger partial charge in [0.05, 0.1) is 23.3 Å². The highest BCUT2D eigenvalue weighted by Crippen LogP contribution is 2.14. The maximum absolute atomic E-state index is 12.5. The fourth-order valence-electron chi connectivity index (χ4n) is 3.40. The quantitative estimate of drug-likeness (QED) is 0.266. The van der Waals surface area contributed by atoms with Crippen molar-refractivity contribution in [3.8, 4) is 0 Å². The molecule has 0 atom stereocenters. The zero-order valence-corrected chi connectivity index (χ0v) is 18.9. The van der Waals surface area contributed by atoms with E-state index in [1.807, 2.05) is 31.2 Å². The number of hydroxylamine groups is 1. The van der Waals surface area contributed by atoms with Gasteiger partial charge in [-0.2, -0.15) is 5.48 Å². The van der Waals surface area contributed by atoms with Crippen molar-refractivity contribution in [2.45, 2.75) is 33.5 Å². The molecule has 3 aromatic rings. The largest absolute Gasteiger partial charge is 0.478 e. The summed E-state index contributed by atoms with van der Waals surface area (Å²) in [6.07, 6.45) is 0. The number of carboxylic acid groups (broad SMARTS) is 2. The lowest BCUT2D eigenvalue weighted by Gasteiger charge is -2.11. The number of nitrogens with one attached hydrogen (secondary N) is 2. The molecule has 176 valence electrons. The molecule has 0 aliphatic carbocycles. The maximum atomic E-state index is 12.5. The van der Waals surface area contributed by atoms with E-state index >= 15 is 0 Å². The molecule has 0 aliphatic rings. The van der Waals surface area contributed by atoms with Crippen LogP contribution in [0.1, 0.15) is 58.9 Å². The predicted octanol–water partition coefficient (Wildman–Crippen LogP) is 3.85. The summed E-state index contributed by atoms with van der Waals surface area (Å²) < 4.78 is 0. The third-order valence-corrected chi connectivity index (χ3v) is 5.22. The Bertz CT molecular complexity index is 1200. The molecule has 8 heteroatoms. The summed E-state index contributed by atoms with van der Waals surface area (Å²) in [7, 11) is 0. The Morgan fingerprint density at radius 3 is 1.91 bits per heavy atom. The molecule has 0 fully saturated rings. The molecule has 3 aromatic carbocycles. The summed E-state index contributed by atoms with van der Waals surface area (Å²) >= 11 is 0. The molecule has 0 radical (unpaired) electrons. The van der Waals surface area contributed by atoms with Crippen LogP contribution in [0.2, 0.25) is 0 Å². The Kier molecular flexibility index (Phi) is 8.13. The minimum absolute atomic E-state index is 0.0364. The van der Waals surface area contributed by atoms with Crippen LogP contribution in [0.3, 0.4) is 0 Å². The van der Waals surface area contributed by atoms with Crippen LogP contribution < -0.4 is 10.8 Å². The van der Waals surface area contributed by atoms with Gasteiger partial charge in [0.2, 0.25) is 0 Å². The van der Waals surface area contributed by atoms with Gasteiger partial charge >= 0.3 is 11.9 Å². The van der Waals surface area contributed by atoms with E-state index in [9.17, 15) is 24.6 Å². The number of hydrogen-bond donors (Lipinski definition) is 4. The van der Waals surface area contributed by atoms with Gasteiger partial charge in [0.1, 0.15) is 0 Å². The molecule has 0 spiro atoms. The van der Waals surface area contributed by atoms with Gasteiger partial charge in [0.15, 0.2) is 0 Å². The molecule has 0 aliphatic heterocycles. The van der Waals surface area contributed by atoms with Crippen molar-refractivity contribution in [3.05, 3.63) is 105 Å². The van der Waals surface area contributed by atoms with Crippen LogP contribution in [0.25, 0.3) is 0 Å². The first kappa shape index (κ1) is 24.6. The molecule has 0 bridgehead atoms. The van der Waals surface area contributed by atoms with Crippen LogP contribution in [0.4, 0.5) is 0 Å². The van der Waals surface area contributed by atoms with Gasteiger partial charge in [-0.05, 0) is 48.7 Å². The number of amides is 1. The summed E-state index contributed by atoms with van der Waals surface area (Å²) in [5, 5.41) is 21.3. The summed E-state index contributed by atoms with van der Waals surface area (Å²) in [4.78, 5) is 40.7. The van der Waals surface area contributed by atoms with Crippen molar-refractivity contribution < 1.29 is 29.4 Å². The number of carbonyl (C=O) groups excluding carboxylic acids is 1. The molecule has 0 heterocycles. The topological polar surface area (TPSA) is 125 Å². The molecular weight excluding hydrogens is 436 g/mol.